The molecule has 18 heavy (non-hydrogen) atoms. The molecule has 0 radical (unpaired) electrons. The van der Waals surface area contributed by atoms with Crippen LogP contribution < -0.4 is 5.32 Å². The van der Waals surface area contributed by atoms with Crippen molar-refractivity contribution in [1.82, 2.24) is 0 Å². The predicted octanol–water partition coefficient (Wildman–Crippen LogP) is 4.52. The van der Waals surface area contributed by atoms with E-state index in [9.17, 15) is 4.39 Å². The van der Waals surface area contributed by atoms with Crippen LogP contribution in [0.5, 0.6) is 0 Å². The van der Waals surface area contributed by atoms with Gasteiger partial charge in [0.25, 0.3) is 0 Å². The Kier molecular flexibility index (Phi) is 3.04. The molecule has 0 bridgehead atoms. The van der Waals surface area contributed by atoms with E-state index in [4.69, 9.17) is 0 Å². The fraction of sp³-hybridized carbons (Fsp3) is 0.625. The summed E-state index contributed by atoms with van der Waals surface area (Å²) in [6.45, 7) is 2.33. The molecule has 3 rings (SSSR count). The molecule has 1 aliphatic heterocycles. The van der Waals surface area contributed by atoms with Crippen molar-refractivity contribution in [1.29, 1.82) is 0 Å². The largest absolute Gasteiger partial charge is 0.379 e. The first-order valence-electron chi connectivity index (χ1n) is 7.26. The van der Waals surface area contributed by atoms with Crippen LogP contribution in [-0.4, -0.2) is 5.54 Å². The zero-order valence-corrected chi connectivity index (χ0v) is 11.1. The number of nitrogens with one attached hydrogen (secondary N) is 1. The van der Waals surface area contributed by atoms with E-state index in [1.54, 1.807) is 12.1 Å². The van der Waals surface area contributed by atoms with E-state index in [1.807, 2.05) is 6.07 Å². The Labute approximate surface area is 109 Å². The molecule has 1 N–H and O–H groups in total. The van der Waals surface area contributed by atoms with Crippen LogP contribution in [-0.2, 0) is 6.42 Å². The molecule has 1 heterocycles. The summed E-state index contributed by atoms with van der Waals surface area (Å²) in [7, 11) is 0. The van der Waals surface area contributed by atoms with Crippen LogP contribution in [0.3, 0.4) is 0 Å². The number of rotatable bonds is 0. The van der Waals surface area contributed by atoms with E-state index >= 15 is 0 Å². The molecule has 1 atom stereocenters. The van der Waals surface area contributed by atoms with E-state index < -0.39 is 0 Å². The minimum Gasteiger partial charge on any atom is -0.379 e. The lowest BCUT2D eigenvalue weighted by molar-refractivity contribution is 0.271. The number of fused-ring (bicyclic) bond motifs is 1. The van der Waals surface area contributed by atoms with Crippen LogP contribution in [0.4, 0.5) is 10.1 Å². The summed E-state index contributed by atoms with van der Waals surface area (Å²) in [5.74, 6) is 0.490. The van der Waals surface area contributed by atoms with Gasteiger partial charge in [0.2, 0.25) is 0 Å². The number of hydrogen-bond acceptors (Lipinski definition) is 1. The van der Waals surface area contributed by atoms with Crippen LogP contribution in [0.25, 0.3) is 0 Å². The summed E-state index contributed by atoms with van der Waals surface area (Å²) in [5, 5.41) is 3.76. The average molecular weight is 247 g/mol. The van der Waals surface area contributed by atoms with Gasteiger partial charge in [-0.3, -0.25) is 0 Å². The highest BCUT2D eigenvalue weighted by molar-refractivity contribution is 5.56. The molecule has 1 aromatic carbocycles. The highest BCUT2D eigenvalue weighted by atomic mass is 19.1. The third kappa shape index (κ3) is 2.02. The van der Waals surface area contributed by atoms with Gasteiger partial charge >= 0.3 is 0 Å². The minimum absolute atomic E-state index is 0.112. The van der Waals surface area contributed by atoms with E-state index in [1.165, 1.54) is 38.5 Å². The highest BCUT2D eigenvalue weighted by Crippen LogP contribution is 2.42. The Bertz CT molecular complexity index is 433. The van der Waals surface area contributed by atoms with Gasteiger partial charge in [0.1, 0.15) is 5.82 Å². The first kappa shape index (κ1) is 12.0. The smallest absolute Gasteiger partial charge is 0.123 e. The summed E-state index contributed by atoms with van der Waals surface area (Å²) < 4.78 is 13.3. The minimum atomic E-state index is -0.112. The fourth-order valence-electron chi connectivity index (χ4n) is 3.75. The molecule has 1 aliphatic carbocycles. The Morgan fingerprint density at radius 2 is 1.89 bits per heavy atom. The van der Waals surface area contributed by atoms with E-state index in [2.05, 4.69) is 12.2 Å². The van der Waals surface area contributed by atoms with E-state index in [0.29, 0.717) is 5.92 Å². The van der Waals surface area contributed by atoms with Gasteiger partial charge in [-0.2, -0.15) is 0 Å². The number of benzene rings is 1. The van der Waals surface area contributed by atoms with E-state index in [0.717, 1.165) is 17.7 Å². The highest BCUT2D eigenvalue weighted by Gasteiger charge is 2.39. The van der Waals surface area contributed by atoms with Crippen LogP contribution in [0.1, 0.15) is 51.0 Å². The summed E-state index contributed by atoms with van der Waals surface area (Å²) in [5.41, 5.74) is 2.58. The van der Waals surface area contributed by atoms with Crippen LogP contribution >= 0.6 is 0 Å². The molecule has 1 fully saturated rings. The maximum atomic E-state index is 13.3. The molecule has 0 aromatic heterocycles. The van der Waals surface area contributed by atoms with Crippen LogP contribution in [0, 0.1) is 11.7 Å². The van der Waals surface area contributed by atoms with Gasteiger partial charge in [0.05, 0.1) is 0 Å². The van der Waals surface area contributed by atoms with Gasteiger partial charge in [0, 0.05) is 11.2 Å². The maximum absolute atomic E-state index is 13.3. The molecule has 0 amide bonds. The molecule has 1 aromatic rings. The van der Waals surface area contributed by atoms with Crippen LogP contribution in [0.2, 0.25) is 0 Å². The topological polar surface area (TPSA) is 12.0 Å². The summed E-state index contributed by atoms with van der Waals surface area (Å²) in [4.78, 5) is 0. The van der Waals surface area contributed by atoms with Crippen molar-refractivity contribution in [2.45, 2.75) is 57.4 Å². The molecule has 2 heteroatoms. The SMILES string of the molecule is C[C@@H]1Cc2cc(F)ccc2NC12CCCCCC2. The molecular formula is C16H22FN. The lowest BCUT2D eigenvalue weighted by Crippen LogP contribution is -2.47. The Hall–Kier alpha value is -1.05. The molecule has 98 valence electrons. The zero-order chi connectivity index (χ0) is 12.6. The molecule has 0 unspecified atom stereocenters. The maximum Gasteiger partial charge on any atom is 0.123 e. The number of hydrogen-bond donors (Lipinski definition) is 1. The van der Waals surface area contributed by atoms with Gasteiger partial charge in [-0.25, -0.2) is 4.39 Å². The molecule has 1 saturated carbocycles. The molecule has 0 saturated heterocycles. The predicted molar refractivity (Wildman–Crippen MR) is 73.3 cm³/mol. The Morgan fingerprint density at radius 1 is 1.17 bits per heavy atom. The molecule has 1 nitrogen and oxygen atoms in total. The Morgan fingerprint density at radius 3 is 2.61 bits per heavy atom. The van der Waals surface area contributed by atoms with E-state index in [-0.39, 0.29) is 11.4 Å². The summed E-state index contributed by atoms with van der Waals surface area (Å²) >= 11 is 0. The van der Waals surface area contributed by atoms with Gasteiger partial charge in [0.15, 0.2) is 0 Å². The van der Waals surface area contributed by atoms with Crippen molar-refractivity contribution in [3.8, 4) is 0 Å². The van der Waals surface area contributed by atoms with Crippen molar-refractivity contribution < 1.29 is 4.39 Å². The van der Waals surface area contributed by atoms with Crippen molar-refractivity contribution in [2.24, 2.45) is 5.92 Å². The normalized spacial score (nSPS) is 26.2. The van der Waals surface area contributed by atoms with Crippen molar-refractivity contribution in [3.05, 3.63) is 29.6 Å². The second-order valence-corrected chi connectivity index (χ2v) is 6.10. The van der Waals surface area contributed by atoms with Gasteiger partial charge in [-0.05, 0) is 48.9 Å². The monoisotopic (exact) mass is 247 g/mol. The molecular weight excluding hydrogens is 225 g/mol. The summed E-state index contributed by atoms with van der Waals surface area (Å²) in [6.07, 6.45) is 8.94. The van der Waals surface area contributed by atoms with Crippen molar-refractivity contribution in [2.75, 3.05) is 5.32 Å². The van der Waals surface area contributed by atoms with Gasteiger partial charge < -0.3 is 5.32 Å². The standard InChI is InChI=1S/C16H22FN/c1-12-10-13-11-14(17)6-7-15(13)18-16(12)8-4-2-3-5-9-16/h6-7,11-12,18H,2-5,8-10H2,1H3/t12-/m1/s1. The van der Waals surface area contributed by atoms with Crippen molar-refractivity contribution >= 4 is 5.69 Å². The van der Waals surface area contributed by atoms with Gasteiger partial charge in [-0.15, -0.1) is 0 Å². The number of anilines is 1. The third-order valence-corrected chi connectivity index (χ3v) is 4.92. The average Bonchev–Trinajstić information content (AvgIpc) is 2.58. The Balaban J connectivity index is 1.92. The molecule has 2 aliphatic rings. The molecule has 1 spiro atoms. The first-order chi connectivity index (χ1) is 8.70. The van der Waals surface area contributed by atoms with Crippen LogP contribution in [0.15, 0.2) is 18.2 Å². The summed E-state index contributed by atoms with van der Waals surface area (Å²) in [6, 6.07) is 5.19. The lowest BCUT2D eigenvalue weighted by Gasteiger charge is -2.45. The second kappa shape index (κ2) is 4.56. The lowest BCUT2D eigenvalue weighted by atomic mass is 9.73. The first-order valence-corrected chi connectivity index (χ1v) is 7.26. The fourth-order valence-corrected chi connectivity index (χ4v) is 3.75. The third-order valence-electron chi connectivity index (χ3n) is 4.92. The zero-order valence-electron chi connectivity index (χ0n) is 11.1. The van der Waals surface area contributed by atoms with Crippen molar-refractivity contribution in [3.63, 3.8) is 0 Å². The number of halogens is 1. The second-order valence-electron chi connectivity index (χ2n) is 6.10. The quantitative estimate of drug-likeness (QED) is 0.710. The van der Waals surface area contributed by atoms with Gasteiger partial charge in [-0.1, -0.05) is 32.6 Å².